The van der Waals surface area contributed by atoms with Crippen LogP contribution in [-0.4, -0.2) is 57.9 Å². The van der Waals surface area contributed by atoms with Crippen LogP contribution in [-0.2, 0) is 19.4 Å². The SMILES string of the molecule is CC#CCOc1ccc(S(=O)(=O)C2(C(=O)OC)CCN(C)CC2)cc1. The number of nitrogens with zero attached hydrogens (tertiary/aromatic N) is 1. The molecule has 0 atom stereocenters. The third kappa shape index (κ3) is 3.80. The summed E-state index contributed by atoms with van der Waals surface area (Å²) in [7, 11) is -0.757. The molecule has 25 heavy (non-hydrogen) atoms. The van der Waals surface area contributed by atoms with Crippen molar-refractivity contribution in [2.24, 2.45) is 0 Å². The molecule has 7 heteroatoms. The number of esters is 1. The Morgan fingerprint density at radius 3 is 2.36 bits per heavy atom. The molecule has 0 radical (unpaired) electrons. The molecule has 1 aromatic carbocycles. The highest BCUT2D eigenvalue weighted by Gasteiger charge is 2.53. The summed E-state index contributed by atoms with van der Waals surface area (Å²) in [6.07, 6.45) is 0.422. The first-order chi connectivity index (χ1) is 11.9. The summed E-state index contributed by atoms with van der Waals surface area (Å²) >= 11 is 0. The minimum atomic E-state index is -3.89. The van der Waals surface area contributed by atoms with Crippen molar-refractivity contribution in [1.29, 1.82) is 0 Å². The molecule has 6 nitrogen and oxygen atoms in total. The maximum Gasteiger partial charge on any atom is 0.327 e. The Hall–Kier alpha value is -2.04. The quantitative estimate of drug-likeness (QED) is 0.582. The summed E-state index contributed by atoms with van der Waals surface area (Å²) in [5.74, 6) is 5.32. The smallest absolute Gasteiger partial charge is 0.327 e. The highest BCUT2D eigenvalue weighted by atomic mass is 32.2. The van der Waals surface area contributed by atoms with E-state index in [0.29, 0.717) is 18.8 Å². The number of piperidine rings is 1. The number of methoxy groups -OCH3 is 1. The molecule has 0 aromatic heterocycles. The van der Waals surface area contributed by atoms with Gasteiger partial charge in [0.05, 0.1) is 12.0 Å². The van der Waals surface area contributed by atoms with Crippen LogP contribution in [0, 0.1) is 11.8 Å². The Morgan fingerprint density at radius 1 is 1.24 bits per heavy atom. The molecule has 0 saturated carbocycles. The van der Waals surface area contributed by atoms with Crippen LogP contribution in [0.25, 0.3) is 0 Å². The van der Waals surface area contributed by atoms with Gasteiger partial charge in [0.2, 0.25) is 0 Å². The van der Waals surface area contributed by atoms with E-state index in [2.05, 4.69) is 11.8 Å². The molecule has 1 fully saturated rings. The topological polar surface area (TPSA) is 72.9 Å². The fraction of sp³-hybridized carbons (Fsp3) is 0.500. The van der Waals surface area contributed by atoms with E-state index in [1.54, 1.807) is 19.1 Å². The molecule has 0 bridgehead atoms. The van der Waals surface area contributed by atoms with Gasteiger partial charge in [0.15, 0.2) is 14.6 Å². The summed E-state index contributed by atoms with van der Waals surface area (Å²) in [6.45, 7) is 2.99. The van der Waals surface area contributed by atoms with Crippen molar-refractivity contribution in [2.45, 2.75) is 29.4 Å². The number of sulfone groups is 1. The first-order valence-electron chi connectivity index (χ1n) is 8.01. The molecule has 0 unspecified atom stereocenters. The molecule has 0 spiro atoms. The van der Waals surface area contributed by atoms with Crippen molar-refractivity contribution in [3.05, 3.63) is 24.3 Å². The lowest BCUT2D eigenvalue weighted by Gasteiger charge is -2.37. The Morgan fingerprint density at radius 2 is 1.84 bits per heavy atom. The molecule has 1 aliphatic heterocycles. The minimum absolute atomic E-state index is 0.0939. The highest BCUT2D eigenvalue weighted by Crippen LogP contribution is 2.36. The first kappa shape index (κ1) is 19.3. The summed E-state index contributed by atoms with van der Waals surface area (Å²) in [6, 6.07) is 6.08. The van der Waals surface area contributed by atoms with E-state index >= 15 is 0 Å². The Labute approximate surface area is 149 Å². The van der Waals surface area contributed by atoms with E-state index in [9.17, 15) is 13.2 Å². The fourth-order valence-electron chi connectivity index (χ4n) is 2.88. The lowest BCUT2D eigenvalue weighted by atomic mass is 9.96. The van der Waals surface area contributed by atoms with Gasteiger partial charge in [0.25, 0.3) is 0 Å². The zero-order chi connectivity index (χ0) is 18.5. The second-order valence-corrected chi connectivity index (χ2v) is 8.24. The molecule has 136 valence electrons. The van der Waals surface area contributed by atoms with Crippen LogP contribution in [0.2, 0.25) is 0 Å². The standard InChI is InChI=1S/C18H23NO5S/c1-4-5-14-24-15-6-8-16(9-7-15)25(21,22)18(17(20)23-3)10-12-19(2)13-11-18/h6-9H,10-14H2,1-3H3. The predicted molar refractivity (Wildman–Crippen MR) is 94.1 cm³/mol. The number of benzene rings is 1. The zero-order valence-corrected chi connectivity index (χ0v) is 15.6. The van der Waals surface area contributed by atoms with Gasteiger partial charge in [-0.15, -0.1) is 5.92 Å². The van der Waals surface area contributed by atoms with Gasteiger partial charge in [-0.2, -0.15) is 0 Å². The van der Waals surface area contributed by atoms with E-state index in [1.807, 2.05) is 11.9 Å². The first-order valence-corrected chi connectivity index (χ1v) is 9.50. The van der Waals surface area contributed by atoms with Crippen LogP contribution in [0.15, 0.2) is 29.2 Å². The van der Waals surface area contributed by atoms with Crippen LogP contribution in [0.1, 0.15) is 19.8 Å². The number of ether oxygens (including phenoxy) is 2. The number of likely N-dealkylation sites (tertiary alicyclic amines) is 1. The number of hydrogen-bond acceptors (Lipinski definition) is 6. The summed E-state index contributed by atoms with van der Waals surface area (Å²) in [4.78, 5) is 14.5. The normalized spacial score (nSPS) is 17.2. The van der Waals surface area contributed by atoms with E-state index < -0.39 is 20.6 Å². The molecule has 1 aliphatic rings. The van der Waals surface area contributed by atoms with Crippen molar-refractivity contribution in [1.82, 2.24) is 4.90 Å². The molecule has 1 saturated heterocycles. The number of hydrogen-bond donors (Lipinski definition) is 0. The van der Waals surface area contributed by atoms with E-state index in [0.717, 1.165) is 0 Å². The Balaban J connectivity index is 2.33. The molecule has 1 heterocycles. The lowest BCUT2D eigenvalue weighted by molar-refractivity contribution is -0.145. The Kier molecular flexibility index (Phi) is 6.09. The summed E-state index contributed by atoms with van der Waals surface area (Å²) in [5, 5.41) is 0. The van der Waals surface area contributed by atoms with Gasteiger partial charge < -0.3 is 14.4 Å². The van der Waals surface area contributed by atoms with Gasteiger partial charge in [-0.05, 0) is 64.2 Å². The molecular weight excluding hydrogens is 342 g/mol. The Bertz CT molecular complexity index is 766. The average molecular weight is 365 g/mol. The largest absolute Gasteiger partial charge is 0.481 e. The maximum absolute atomic E-state index is 13.2. The second-order valence-electron chi connectivity index (χ2n) is 5.98. The van der Waals surface area contributed by atoms with Gasteiger partial charge in [-0.25, -0.2) is 8.42 Å². The third-order valence-electron chi connectivity index (χ3n) is 4.49. The number of carbonyl (C=O) groups excluding carboxylic acids is 1. The van der Waals surface area contributed by atoms with Crippen LogP contribution in [0.3, 0.4) is 0 Å². The monoisotopic (exact) mass is 365 g/mol. The number of carbonyl (C=O) groups is 1. The molecule has 1 aromatic rings. The molecule has 0 aliphatic carbocycles. The fourth-order valence-corrected chi connectivity index (χ4v) is 4.85. The van der Waals surface area contributed by atoms with Gasteiger partial charge in [0, 0.05) is 0 Å². The summed E-state index contributed by atoms with van der Waals surface area (Å²) in [5.41, 5.74) is 0. The van der Waals surface area contributed by atoms with Crippen LogP contribution in [0.4, 0.5) is 0 Å². The van der Waals surface area contributed by atoms with Gasteiger partial charge in [0.1, 0.15) is 12.4 Å². The van der Waals surface area contributed by atoms with Crippen LogP contribution >= 0.6 is 0 Å². The highest BCUT2D eigenvalue weighted by molar-refractivity contribution is 7.93. The van der Waals surface area contributed by atoms with Crippen molar-refractivity contribution < 1.29 is 22.7 Å². The molecule has 0 N–H and O–H groups in total. The predicted octanol–water partition coefficient (Wildman–Crippen LogP) is 1.50. The molecule has 2 rings (SSSR count). The minimum Gasteiger partial charge on any atom is -0.481 e. The van der Waals surface area contributed by atoms with Gasteiger partial charge in [-0.3, -0.25) is 4.79 Å². The van der Waals surface area contributed by atoms with E-state index in [4.69, 9.17) is 9.47 Å². The maximum atomic E-state index is 13.2. The summed E-state index contributed by atoms with van der Waals surface area (Å²) < 4.78 is 35.1. The molecule has 0 amide bonds. The number of rotatable bonds is 5. The van der Waals surface area contributed by atoms with Crippen molar-refractivity contribution in [2.75, 3.05) is 33.9 Å². The zero-order valence-electron chi connectivity index (χ0n) is 14.7. The van der Waals surface area contributed by atoms with Crippen molar-refractivity contribution >= 4 is 15.8 Å². The van der Waals surface area contributed by atoms with Crippen LogP contribution in [0.5, 0.6) is 5.75 Å². The van der Waals surface area contributed by atoms with E-state index in [-0.39, 0.29) is 24.3 Å². The van der Waals surface area contributed by atoms with E-state index in [1.165, 1.54) is 19.2 Å². The van der Waals surface area contributed by atoms with Gasteiger partial charge in [-0.1, -0.05) is 5.92 Å². The molecular formula is C18H23NO5S. The van der Waals surface area contributed by atoms with Crippen LogP contribution < -0.4 is 4.74 Å². The lowest BCUT2D eigenvalue weighted by Crippen LogP contribution is -2.54. The van der Waals surface area contributed by atoms with Crippen molar-refractivity contribution in [3.63, 3.8) is 0 Å². The second kappa shape index (κ2) is 7.89. The van der Waals surface area contributed by atoms with Gasteiger partial charge >= 0.3 is 5.97 Å². The average Bonchev–Trinajstić information content (AvgIpc) is 2.62. The third-order valence-corrected chi connectivity index (χ3v) is 6.98. The van der Waals surface area contributed by atoms with Crippen molar-refractivity contribution in [3.8, 4) is 17.6 Å².